The van der Waals surface area contributed by atoms with Crippen LogP contribution in [0.1, 0.15) is 11.4 Å². The maximum Gasteiger partial charge on any atom is 0.310 e. The number of hydrogen-bond donors (Lipinski definition) is 0. The minimum Gasteiger partial charge on any atom is -0.457 e. The summed E-state index contributed by atoms with van der Waals surface area (Å²) in [6.45, 7) is -0.442. The van der Waals surface area contributed by atoms with Gasteiger partial charge in [0.25, 0.3) is 5.56 Å². The van der Waals surface area contributed by atoms with Gasteiger partial charge in [-0.2, -0.15) is 5.26 Å². The highest BCUT2D eigenvalue weighted by Gasteiger charge is 2.15. The summed E-state index contributed by atoms with van der Waals surface area (Å²) in [4.78, 5) is 29.1. The second-order valence-corrected chi connectivity index (χ2v) is 6.45. The van der Waals surface area contributed by atoms with Gasteiger partial charge < -0.3 is 4.74 Å². The van der Waals surface area contributed by atoms with Crippen molar-refractivity contribution in [3.63, 3.8) is 0 Å². The molecule has 136 valence electrons. The molecule has 0 bridgehead atoms. The molecule has 3 aromatic rings. The Labute approximate surface area is 164 Å². The zero-order valence-corrected chi connectivity index (χ0v) is 15.5. The Morgan fingerprint density at radius 3 is 2.56 bits per heavy atom. The number of fused-ring (bicyclic) bond motifs is 1. The van der Waals surface area contributed by atoms with Gasteiger partial charge in [0, 0.05) is 15.6 Å². The van der Waals surface area contributed by atoms with Gasteiger partial charge in [0.1, 0.15) is 13.2 Å². The Kier molecular flexibility index (Phi) is 5.75. The van der Waals surface area contributed by atoms with Crippen molar-refractivity contribution in [1.29, 1.82) is 5.26 Å². The van der Waals surface area contributed by atoms with E-state index in [1.165, 1.54) is 4.57 Å². The molecule has 1 heterocycles. The van der Waals surface area contributed by atoms with Gasteiger partial charge >= 0.3 is 5.97 Å². The Morgan fingerprint density at radius 2 is 1.85 bits per heavy atom. The normalized spacial score (nSPS) is 10.6. The number of nitriles is 1. The first-order valence-corrected chi connectivity index (χ1v) is 8.70. The molecule has 2 aromatic carbocycles. The molecule has 0 spiro atoms. The van der Waals surface area contributed by atoms with Gasteiger partial charge in [0.2, 0.25) is 0 Å². The molecule has 0 saturated carbocycles. The predicted octanol–water partition coefficient (Wildman–Crippen LogP) is 3.51. The second kappa shape index (κ2) is 8.21. The first-order chi connectivity index (χ1) is 13.0. The van der Waals surface area contributed by atoms with E-state index in [4.69, 9.17) is 33.2 Å². The van der Waals surface area contributed by atoms with E-state index in [-0.39, 0.29) is 31.0 Å². The van der Waals surface area contributed by atoms with Gasteiger partial charge in [-0.05, 0) is 24.3 Å². The largest absolute Gasteiger partial charge is 0.457 e. The van der Waals surface area contributed by atoms with E-state index in [1.54, 1.807) is 42.5 Å². The summed E-state index contributed by atoms with van der Waals surface area (Å²) in [6.07, 6.45) is -0.116. The van der Waals surface area contributed by atoms with Crippen LogP contribution < -0.4 is 5.56 Å². The van der Waals surface area contributed by atoms with Crippen LogP contribution in [0.3, 0.4) is 0 Å². The van der Waals surface area contributed by atoms with Crippen molar-refractivity contribution in [2.45, 2.75) is 19.6 Å². The monoisotopic (exact) mass is 401 g/mol. The van der Waals surface area contributed by atoms with Crippen LogP contribution in [0, 0.1) is 11.3 Å². The lowest BCUT2D eigenvalue weighted by Crippen LogP contribution is -2.26. The van der Waals surface area contributed by atoms with Crippen molar-refractivity contribution in [2.75, 3.05) is 0 Å². The van der Waals surface area contributed by atoms with E-state index in [0.717, 1.165) is 0 Å². The molecule has 1 aromatic heterocycles. The quantitative estimate of drug-likeness (QED) is 0.610. The Hall–Kier alpha value is -2.88. The van der Waals surface area contributed by atoms with E-state index in [1.807, 2.05) is 6.07 Å². The molecular weight excluding hydrogens is 389 g/mol. The molecule has 0 saturated heterocycles. The Bertz CT molecular complexity index is 1100. The maximum atomic E-state index is 12.6. The van der Waals surface area contributed by atoms with Gasteiger partial charge in [0.15, 0.2) is 5.82 Å². The first kappa shape index (κ1) is 18.9. The number of nitrogens with zero attached hydrogens (tertiary/aromatic N) is 3. The molecule has 27 heavy (non-hydrogen) atoms. The summed E-state index contributed by atoms with van der Waals surface area (Å²) < 4.78 is 6.44. The smallest absolute Gasteiger partial charge is 0.310 e. The lowest BCUT2D eigenvalue weighted by molar-refractivity contribution is -0.144. The summed E-state index contributed by atoms with van der Waals surface area (Å²) in [5, 5.41) is 10.1. The molecule has 0 radical (unpaired) electrons. The summed E-state index contributed by atoms with van der Waals surface area (Å²) >= 11 is 12.1. The molecular formula is C19H13Cl2N3O3. The van der Waals surface area contributed by atoms with Gasteiger partial charge in [0.05, 0.1) is 23.4 Å². The topological polar surface area (TPSA) is 85.0 Å². The Morgan fingerprint density at radius 1 is 1.15 bits per heavy atom. The van der Waals surface area contributed by atoms with Gasteiger partial charge in [-0.3, -0.25) is 14.2 Å². The number of benzene rings is 2. The number of ether oxygens (including phenoxy) is 1. The molecule has 0 atom stereocenters. The fourth-order valence-electron chi connectivity index (χ4n) is 2.60. The van der Waals surface area contributed by atoms with Crippen LogP contribution in [0.4, 0.5) is 0 Å². The average molecular weight is 402 g/mol. The average Bonchev–Trinajstić information content (AvgIpc) is 2.66. The summed E-state index contributed by atoms with van der Waals surface area (Å²) in [7, 11) is 0. The molecule has 0 aliphatic heterocycles. The van der Waals surface area contributed by atoms with Crippen LogP contribution in [0.2, 0.25) is 10.0 Å². The second-order valence-electron chi connectivity index (χ2n) is 5.63. The molecule has 0 fully saturated rings. The highest BCUT2D eigenvalue weighted by atomic mass is 35.5. The van der Waals surface area contributed by atoms with Crippen LogP contribution in [-0.4, -0.2) is 15.5 Å². The van der Waals surface area contributed by atoms with Crippen molar-refractivity contribution in [3.8, 4) is 6.07 Å². The number of hydrogen-bond acceptors (Lipinski definition) is 5. The molecule has 0 unspecified atom stereocenters. The van der Waals surface area contributed by atoms with E-state index in [9.17, 15) is 9.59 Å². The van der Waals surface area contributed by atoms with Crippen molar-refractivity contribution >= 4 is 40.1 Å². The minimum absolute atomic E-state index is 0.116. The molecule has 0 N–H and O–H groups in total. The number of carbonyl (C=O) groups is 1. The SMILES string of the molecule is N#CCn1c(COC(=O)Cc2c(Cl)cccc2Cl)nc2ccccc2c1=O. The van der Waals surface area contributed by atoms with Crippen molar-refractivity contribution in [2.24, 2.45) is 0 Å². The number of esters is 1. The number of carbonyl (C=O) groups excluding carboxylic acids is 1. The van der Waals surface area contributed by atoms with Crippen LogP contribution in [0.5, 0.6) is 0 Å². The van der Waals surface area contributed by atoms with Crippen molar-refractivity contribution in [1.82, 2.24) is 9.55 Å². The van der Waals surface area contributed by atoms with Crippen LogP contribution in [0.15, 0.2) is 47.3 Å². The number of aromatic nitrogens is 2. The zero-order chi connectivity index (χ0) is 19.4. The Balaban J connectivity index is 1.84. The third kappa shape index (κ3) is 4.11. The van der Waals surface area contributed by atoms with E-state index >= 15 is 0 Å². The third-order valence-electron chi connectivity index (χ3n) is 3.91. The molecule has 3 rings (SSSR count). The van der Waals surface area contributed by atoms with E-state index < -0.39 is 5.97 Å². The first-order valence-electron chi connectivity index (χ1n) is 7.95. The summed E-state index contributed by atoms with van der Waals surface area (Å²) in [6, 6.07) is 13.6. The highest BCUT2D eigenvalue weighted by molar-refractivity contribution is 6.36. The molecule has 6 nitrogen and oxygen atoms in total. The molecule has 0 aliphatic rings. The predicted molar refractivity (Wildman–Crippen MR) is 102 cm³/mol. The number of para-hydroxylation sites is 1. The van der Waals surface area contributed by atoms with E-state index in [2.05, 4.69) is 4.98 Å². The zero-order valence-electron chi connectivity index (χ0n) is 14.0. The molecule has 0 amide bonds. The van der Waals surface area contributed by atoms with Gasteiger partial charge in [-0.25, -0.2) is 4.98 Å². The number of halogens is 2. The standard InChI is InChI=1S/C19H13Cl2N3O3/c20-14-5-3-6-15(21)13(14)10-18(25)27-11-17-23-16-7-2-1-4-12(16)19(26)24(17)9-8-22/h1-7H,9-11H2. The van der Waals surface area contributed by atoms with Crippen molar-refractivity contribution in [3.05, 3.63) is 74.3 Å². The third-order valence-corrected chi connectivity index (χ3v) is 4.62. The fourth-order valence-corrected chi connectivity index (χ4v) is 3.13. The van der Waals surface area contributed by atoms with Crippen LogP contribution in [-0.2, 0) is 29.1 Å². The lowest BCUT2D eigenvalue weighted by Gasteiger charge is -2.12. The maximum absolute atomic E-state index is 12.6. The molecule has 0 aliphatic carbocycles. The van der Waals surface area contributed by atoms with Gasteiger partial charge in [-0.15, -0.1) is 0 Å². The molecule has 8 heteroatoms. The summed E-state index contributed by atoms with van der Waals surface area (Å²) in [5.74, 6) is -0.380. The van der Waals surface area contributed by atoms with Crippen LogP contribution in [0.25, 0.3) is 10.9 Å². The lowest BCUT2D eigenvalue weighted by atomic mass is 10.1. The minimum atomic E-state index is -0.573. The number of rotatable bonds is 5. The van der Waals surface area contributed by atoms with Crippen LogP contribution >= 0.6 is 23.2 Å². The fraction of sp³-hybridized carbons (Fsp3) is 0.158. The summed E-state index contributed by atoms with van der Waals surface area (Å²) in [5.41, 5.74) is 0.575. The van der Waals surface area contributed by atoms with Crippen molar-refractivity contribution < 1.29 is 9.53 Å². The highest BCUT2D eigenvalue weighted by Crippen LogP contribution is 2.25. The van der Waals surface area contributed by atoms with E-state index in [0.29, 0.717) is 26.5 Å². The van der Waals surface area contributed by atoms with Gasteiger partial charge in [-0.1, -0.05) is 41.4 Å².